The molecule has 0 unspecified atom stereocenters. The molecule has 6 heteroatoms. The topological polar surface area (TPSA) is 53.9 Å². The van der Waals surface area contributed by atoms with E-state index in [1.165, 1.54) is 12.1 Å². The number of hydrogen-bond acceptors (Lipinski definition) is 3. The van der Waals surface area contributed by atoms with Gasteiger partial charge in [-0.15, -0.1) is 0 Å². The monoisotopic (exact) mass is 360 g/mol. The van der Waals surface area contributed by atoms with Crippen molar-refractivity contribution in [3.05, 3.63) is 76.2 Å². The van der Waals surface area contributed by atoms with Gasteiger partial charge in [-0.1, -0.05) is 0 Å². The van der Waals surface area contributed by atoms with Gasteiger partial charge in [0.25, 0.3) is 5.56 Å². The zero-order valence-corrected chi connectivity index (χ0v) is 15.0. The Morgan fingerprint density at radius 2 is 1.96 bits per heavy atom. The predicted molar refractivity (Wildman–Crippen MR) is 104 cm³/mol. The van der Waals surface area contributed by atoms with Crippen LogP contribution in [-0.2, 0) is 13.6 Å². The molecule has 0 saturated carbocycles. The lowest BCUT2D eigenvalue weighted by molar-refractivity contribution is 0.627. The minimum absolute atomic E-state index is 0.0580. The third-order valence-electron chi connectivity index (χ3n) is 5.10. The van der Waals surface area contributed by atoms with Gasteiger partial charge in [-0.25, -0.2) is 9.37 Å². The lowest BCUT2D eigenvalue weighted by Gasteiger charge is -2.24. The predicted octanol–water partition coefficient (Wildman–Crippen LogP) is 4.03. The van der Waals surface area contributed by atoms with E-state index < -0.39 is 0 Å². The summed E-state index contributed by atoms with van der Waals surface area (Å²) in [5.41, 5.74) is 5.36. The lowest BCUT2D eigenvalue weighted by Crippen LogP contribution is -2.17. The normalized spacial score (nSPS) is 12.9. The van der Waals surface area contributed by atoms with E-state index in [1.807, 2.05) is 25.5 Å². The highest BCUT2D eigenvalue weighted by Gasteiger charge is 2.26. The molecule has 134 valence electrons. The molecule has 0 amide bonds. The average Bonchev–Trinajstić information content (AvgIpc) is 3.02. The molecule has 4 heterocycles. The van der Waals surface area contributed by atoms with Gasteiger partial charge in [0, 0.05) is 47.8 Å². The second-order valence-electron chi connectivity index (χ2n) is 6.97. The van der Waals surface area contributed by atoms with Gasteiger partial charge in [0.1, 0.15) is 17.2 Å². The number of benzene rings is 1. The van der Waals surface area contributed by atoms with Crippen LogP contribution in [0.4, 0.5) is 15.9 Å². The van der Waals surface area contributed by atoms with Crippen LogP contribution in [0.2, 0.25) is 0 Å². The molecule has 0 fully saturated rings. The molecule has 5 nitrogen and oxygen atoms in total. The fraction of sp³-hybridized carbons (Fsp3) is 0.143. The summed E-state index contributed by atoms with van der Waals surface area (Å²) >= 11 is 0. The standard InChI is InChI=1S/C21H17FN4O/c1-12-7-16-17-11-25(2)21(27)19-18(17)13(9-23-19)10-26(20(16)24-8-12)15-5-3-14(22)4-6-15/h3-9,11,23H,10H2,1-2H3. The van der Waals surface area contributed by atoms with Crippen LogP contribution in [-0.4, -0.2) is 14.5 Å². The molecule has 27 heavy (non-hydrogen) atoms. The molecule has 0 aliphatic carbocycles. The van der Waals surface area contributed by atoms with Crippen LogP contribution in [0.3, 0.4) is 0 Å². The summed E-state index contributed by atoms with van der Waals surface area (Å²) in [4.78, 5) is 22.5. The van der Waals surface area contributed by atoms with Crippen LogP contribution >= 0.6 is 0 Å². The van der Waals surface area contributed by atoms with Gasteiger partial charge in [-0.3, -0.25) is 4.79 Å². The molecule has 1 aliphatic rings. The highest BCUT2D eigenvalue weighted by Crippen LogP contribution is 2.42. The third kappa shape index (κ3) is 2.30. The molecule has 0 atom stereocenters. The Morgan fingerprint density at radius 3 is 2.74 bits per heavy atom. The summed E-state index contributed by atoms with van der Waals surface area (Å²) in [5.74, 6) is 0.518. The lowest BCUT2D eigenvalue weighted by atomic mass is 10.0. The molecule has 5 rings (SSSR count). The Bertz CT molecular complexity index is 1250. The van der Waals surface area contributed by atoms with Gasteiger partial charge in [0.15, 0.2) is 0 Å². The molecular formula is C21H17FN4O. The third-order valence-corrected chi connectivity index (χ3v) is 5.10. The van der Waals surface area contributed by atoms with Crippen molar-refractivity contribution in [2.24, 2.45) is 7.05 Å². The number of pyridine rings is 2. The van der Waals surface area contributed by atoms with Gasteiger partial charge in [0.05, 0.1) is 6.54 Å². The highest BCUT2D eigenvalue weighted by molar-refractivity contribution is 6.01. The van der Waals surface area contributed by atoms with E-state index in [-0.39, 0.29) is 11.4 Å². The summed E-state index contributed by atoms with van der Waals surface area (Å²) in [6, 6.07) is 8.48. The first-order valence-electron chi connectivity index (χ1n) is 8.72. The van der Waals surface area contributed by atoms with Gasteiger partial charge in [0.2, 0.25) is 0 Å². The number of nitrogens with one attached hydrogen (secondary N) is 1. The minimum atomic E-state index is -0.277. The first kappa shape index (κ1) is 15.8. The molecule has 1 aliphatic heterocycles. The maximum Gasteiger partial charge on any atom is 0.274 e. The maximum atomic E-state index is 13.4. The van der Waals surface area contributed by atoms with Crippen molar-refractivity contribution >= 4 is 22.4 Å². The van der Waals surface area contributed by atoms with Crippen LogP contribution in [0.15, 0.2) is 53.7 Å². The fourth-order valence-electron chi connectivity index (χ4n) is 3.82. The molecule has 0 saturated heterocycles. The van der Waals surface area contributed by atoms with Crippen molar-refractivity contribution in [2.75, 3.05) is 4.90 Å². The summed E-state index contributed by atoms with van der Waals surface area (Å²) in [7, 11) is 1.75. The van der Waals surface area contributed by atoms with E-state index >= 15 is 0 Å². The summed E-state index contributed by atoms with van der Waals surface area (Å²) in [5, 5.41) is 0.927. The van der Waals surface area contributed by atoms with E-state index in [0.29, 0.717) is 12.1 Å². The quantitative estimate of drug-likeness (QED) is 0.558. The second kappa shape index (κ2) is 5.54. The van der Waals surface area contributed by atoms with Gasteiger partial charge in [-0.2, -0.15) is 0 Å². The van der Waals surface area contributed by atoms with E-state index in [9.17, 15) is 9.18 Å². The Labute approximate surface area is 154 Å². The van der Waals surface area contributed by atoms with Crippen molar-refractivity contribution in [2.45, 2.75) is 13.5 Å². The fourth-order valence-corrected chi connectivity index (χ4v) is 3.82. The number of fused-ring (bicyclic) bond motifs is 2. The van der Waals surface area contributed by atoms with Crippen LogP contribution < -0.4 is 10.5 Å². The van der Waals surface area contributed by atoms with E-state index in [0.717, 1.165) is 39.1 Å². The number of anilines is 2. The molecule has 0 radical (unpaired) electrons. The van der Waals surface area contributed by atoms with Crippen LogP contribution in [0.1, 0.15) is 11.1 Å². The first-order valence-corrected chi connectivity index (χ1v) is 8.72. The molecule has 4 aromatic rings. The largest absolute Gasteiger partial charge is 0.356 e. The number of nitrogens with zero attached hydrogens (tertiary/aromatic N) is 3. The van der Waals surface area contributed by atoms with Gasteiger partial charge < -0.3 is 14.5 Å². The molecule has 0 bridgehead atoms. The molecule has 1 aromatic carbocycles. The van der Waals surface area contributed by atoms with Gasteiger partial charge in [-0.05, 0) is 48.4 Å². The van der Waals surface area contributed by atoms with Crippen molar-refractivity contribution in [1.82, 2.24) is 14.5 Å². The molecular weight excluding hydrogens is 343 g/mol. The van der Waals surface area contributed by atoms with E-state index in [2.05, 4.69) is 16.0 Å². The zero-order chi connectivity index (χ0) is 18.7. The Balaban J connectivity index is 1.87. The number of aromatic amines is 1. The Morgan fingerprint density at radius 1 is 1.19 bits per heavy atom. The van der Waals surface area contributed by atoms with Crippen molar-refractivity contribution < 1.29 is 4.39 Å². The number of halogens is 1. The smallest absolute Gasteiger partial charge is 0.274 e. The van der Waals surface area contributed by atoms with Crippen LogP contribution in [0.5, 0.6) is 0 Å². The Kier molecular flexibility index (Phi) is 3.25. The van der Waals surface area contributed by atoms with Crippen molar-refractivity contribution in [3.8, 4) is 11.1 Å². The minimum Gasteiger partial charge on any atom is -0.356 e. The van der Waals surface area contributed by atoms with Crippen molar-refractivity contribution in [1.29, 1.82) is 0 Å². The molecule has 0 spiro atoms. The second-order valence-corrected chi connectivity index (χ2v) is 6.97. The first-order chi connectivity index (χ1) is 13.0. The molecule has 1 N–H and O–H groups in total. The number of H-pyrrole nitrogens is 1. The average molecular weight is 360 g/mol. The maximum absolute atomic E-state index is 13.4. The number of aromatic nitrogens is 3. The Hall–Kier alpha value is -3.41. The summed E-state index contributed by atoms with van der Waals surface area (Å²) < 4.78 is 15.0. The SMILES string of the molecule is Cc1cnc2c(c1)-c1cn(C)c(=O)c3[nH]cc(c13)CN2c1ccc(F)cc1. The zero-order valence-electron chi connectivity index (χ0n) is 15.0. The number of rotatable bonds is 1. The summed E-state index contributed by atoms with van der Waals surface area (Å²) in [6.07, 6.45) is 5.58. The molecule has 3 aromatic heterocycles. The number of hydrogen-bond donors (Lipinski definition) is 1. The van der Waals surface area contributed by atoms with E-state index in [4.69, 9.17) is 4.98 Å². The van der Waals surface area contributed by atoms with Crippen LogP contribution in [0.25, 0.3) is 22.0 Å². The van der Waals surface area contributed by atoms with Gasteiger partial charge >= 0.3 is 0 Å². The number of aryl methyl sites for hydroxylation is 2. The van der Waals surface area contributed by atoms with Crippen molar-refractivity contribution in [3.63, 3.8) is 0 Å². The van der Waals surface area contributed by atoms with E-state index in [1.54, 1.807) is 23.7 Å². The van der Waals surface area contributed by atoms with Crippen LogP contribution in [0, 0.1) is 12.7 Å². The summed E-state index contributed by atoms with van der Waals surface area (Å²) in [6.45, 7) is 2.53. The highest BCUT2D eigenvalue weighted by atomic mass is 19.1.